The number of carbonyl (C=O) groups is 1. The van der Waals surface area contributed by atoms with Crippen LogP contribution in [-0.4, -0.2) is 37.1 Å². The molecule has 0 N–H and O–H groups in total. The van der Waals surface area contributed by atoms with Gasteiger partial charge in [0.05, 0.1) is 12.5 Å². The summed E-state index contributed by atoms with van der Waals surface area (Å²) >= 11 is 0. The first-order valence-electron chi connectivity index (χ1n) is 6.81. The topological polar surface area (TPSA) is 29.5 Å². The van der Waals surface area contributed by atoms with Crippen molar-refractivity contribution in [3.8, 4) is 0 Å². The fraction of sp³-hybridized carbons (Fsp3) is 0.857. The van der Waals surface area contributed by atoms with Crippen molar-refractivity contribution < 1.29 is 9.53 Å². The zero-order chi connectivity index (χ0) is 12.7. The summed E-state index contributed by atoms with van der Waals surface area (Å²) in [6.45, 7) is 10.1. The van der Waals surface area contributed by atoms with Gasteiger partial charge in [0.2, 0.25) is 0 Å². The maximum absolute atomic E-state index is 11.8. The molecule has 1 saturated heterocycles. The highest BCUT2D eigenvalue weighted by Crippen LogP contribution is 2.19. The van der Waals surface area contributed by atoms with Crippen LogP contribution >= 0.6 is 0 Å². The second-order valence-electron chi connectivity index (χ2n) is 5.28. The lowest BCUT2D eigenvalue weighted by atomic mass is 9.96. The summed E-state index contributed by atoms with van der Waals surface area (Å²) in [5.41, 5.74) is 0. The first kappa shape index (κ1) is 14.5. The van der Waals surface area contributed by atoms with Gasteiger partial charge in [-0.05, 0) is 38.3 Å². The van der Waals surface area contributed by atoms with Crippen molar-refractivity contribution in [2.24, 2.45) is 5.92 Å². The molecule has 0 aromatic rings. The lowest BCUT2D eigenvalue weighted by Gasteiger charge is -2.31. The summed E-state index contributed by atoms with van der Waals surface area (Å²) in [4.78, 5) is 14.2. The Morgan fingerprint density at radius 1 is 1.29 bits per heavy atom. The minimum Gasteiger partial charge on any atom is -0.465 e. The molecule has 0 bridgehead atoms. The molecule has 1 heterocycles. The standard InChI is InChI=1S/C14H26NO2/c1-4-5-10-17-14(16)13-6-8-15(9-7-13)11-12(2)3/h13H,4-11H2,1-3H3. The molecule has 1 rings (SSSR count). The number of carbonyl (C=O) groups excluding carboxylic acids is 1. The molecule has 0 spiro atoms. The predicted octanol–water partition coefficient (Wildman–Crippen LogP) is 2.66. The molecule has 0 aromatic heterocycles. The largest absolute Gasteiger partial charge is 0.465 e. The van der Waals surface area contributed by atoms with Crippen molar-refractivity contribution in [3.05, 3.63) is 5.92 Å². The van der Waals surface area contributed by atoms with Crippen molar-refractivity contribution in [2.75, 3.05) is 26.2 Å². The van der Waals surface area contributed by atoms with Crippen LogP contribution < -0.4 is 0 Å². The predicted molar refractivity (Wildman–Crippen MR) is 69.6 cm³/mol. The third-order valence-electron chi connectivity index (χ3n) is 3.20. The van der Waals surface area contributed by atoms with Crippen LogP contribution in [0.15, 0.2) is 0 Å². The minimum absolute atomic E-state index is 0.0234. The van der Waals surface area contributed by atoms with E-state index in [9.17, 15) is 4.79 Å². The van der Waals surface area contributed by atoms with Crippen LogP contribution in [0.3, 0.4) is 0 Å². The molecule has 1 fully saturated rings. The highest BCUT2D eigenvalue weighted by molar-refractivity contribution is 5.72. The Morgan fingerprint density at radius 2 is 1.94 bits per heavy atom. The van der Waals surface area contributed by atoms with Gasteiger partial charge in [-0.2, -0.15) is 0 Å². The van der Waals surface area contributed by atoms with Gasteiger partial charge in [-0.25, -0.2) is 0 Å². The molecular formula is C14H26NO2. The molecule has 1 aliphatic heterocycles. The van der Waals surface area contributed by atoms with E-state index in [0.717, 1.165) is 45.3 Å². The van der Waals surface area contributed by atoms with Crippen molar-refractivity contribution in [3.63, 3.8) is 0 Å². The zero-order valence-electron chi connectivity index (χ0n) is 11.5. The number of hydrogen-bond acceptors (Lipinski definition) is 3. The van der Waals surface area contributed by atoms with E-state index in [1.54, 1.807) is 0 Å². The number of esters is 1. The fourth-order valence-corrected chi connectivity index (χ4v) is 2.21. The van der Waals surface area contributed by atoms with E-state index in [1.165, 1.54) is 5.92 Å². The third-order valence-corrected chi connectivity index (χ3v) is 3.20. The van der Waals surface area contributed by atoms with Gasteiger partial charge in [0, 0.05) is 6.54 Å². The van der Waals surface area contributed by atoms with Gasteiger partial charge in [-0.1, -0.05) is 27.2 Å². The van der Waals surface area contributed by atoms with Crippen LogP contribution in [0.1, 0.15) is 46.5 Å². The number of hydrogen-bond donors (Lipinski definition) is 0. The molecule has 3 nitrogen and oxygen atoms in total. The summed E-state index contributed by atoms with van der Waals surface area (Å²) in [5, 5.41) is 0. The van der Waals surface area contributed by atoms with Gasteiger partial charge in [0.25, 0.3) is 0 Å². The monoisotopic (exact) mass is 240 g/mol. The van der Waals surface area contributed by atoms with Gasteiger partial charge < -0.3 is 9.64 Å². The Balaban J connectivity index is 2.19. The van der Waals surface area contributed by atoms with Gasteiger partial charge in [-0.3, -0.25) is 4.79 Å². The molecule has 1 aliphatic rings. The first-order chi connectivity index (χ1) is 8.13. The van der Waals surface area contributed by atoms with Crippen LogP contribution in [0.4, 0.5) is 0 Å². The highest BCUT2D eigenvalue weighted by atomic mass is 16.5. The van der Waals surface area contributed by atoms with Crippen LogP contribution in [0, 0.1) is 11.8 Å². The molecule has 0 saturated carbocycles. The Morgan fingerprint density at radius 3 is 2.47 bits per heavy atom. The van der Waals surface area contributed by atoms with Crippen molar-refractivity contribution in [2.45, 2.75) is 46.5 Å². The lowest BCUT2D eigenvalue weighted by Crippen LogP contribution is -2.38. The molecule has 3 heteroatoms. The zero-order valence-corrected chi connectivity index (χ0v) is 11.5. The number of nitrogens with zero attached hydrogens (tertiary/aromatic N) is 1. The fourth-order valence-electron chi connectivity index (χ4n) is 2.21. The Hall–Kier alpha value is -0.570. The van der Waals surface area contributed by atoms with Crippen LogP contribution in [0.5, 0.6) is 0 Å². The summed E-state index contributed by atoms with van der Waals surface area (Å²) in [5.74, 6) is 1.60. The number of ether oxygens (including phenoxy) is 1. The SMILES string of the molecule is CCCCOC(=O)C1CCN(C[C](C)C)CC1. The number of piperidine rings is 1. The summed E-state index contributed by atoms with van der Waals surface area (Å²) < 4.78 is 5.28. The molecule has 0 unspecified atom stereocenters. The van der Waals surface area contributed by atoms with Crippen LogP contribution in [-0.2, 0) is 9.53 Å². The van der Waals surface area contributed by atoms with Gasteiger partial charge in [-0.15, -0.1) is 0 Å². The third kappa shape index (κ3) is 5.53. The van der Waals surface area contributed by atoms with Gasteiger partial charge >= 0.3 is 5.97 Å². The van der Waals surface area contributed by atoms with E-state index in [4.69, 9.17) is 4.74 Å². The summed E-state index contributed by atoms with van der Waals surface area (Å²) in [7, 11) is 0. The summed E-state index contributed by atoms with van der Waals surface area (Å²) in [6, 6.07) is 0. The average Bonchev–Trinajstić information content (AvgIpc) is 2.29. The lowest BCUT2D eigenvalue weighted by molar-refractivity contribution is -0.150. The molecule has 1 radical (unpaired) electrons. The summed E-state index contributed by atoms with van der Waals surface area (Å²) in [6.07, 6.45) is 3.97. The van der Waals surface area contributed by atoms with E-state index in [1.807, 2.05) is 0 Å². The highest BCUT2D eigenvalue weighted by Gasteiger charge is 2.26. The minimum atomic E-state index is 0.0234. The molecule has 0 aliphatic carbocycles. The molecule has 0 aromatic carbocycles. The van der Waals surface area contributed by atoms with Crippen LogP contribution in [0.25, 0.3) is 0 Å². The average molecular weight is 240 g/mol. The smallest absolute Gasteiger partial charge is 0.309 e. The maximum Gasteiger partial charge on any atom is 0.309 e. The molecular weight excluding hydrogens is 214 g/mol. The van der Waals surface area contributed by atoms with Gasteiger partial charge in [0.15, 0.2) is 0 Å². The normalized spacial score (nSPS) is 18.6. The number of likely N-dealkylation sites (tertiary alicyclic amines) is 1. The van der Waals surface area contributed by atoms with E-state index in [-0.39, 0.29) is 11.9 Å². The van der Waals surface area contributed by atoms with E-state index in [2.05, 4.69) is 25.7 Å². The van der Waals surface area contributed by atoms with E-state index in [0.29, 0.717) is 6.61 Å². The number of rotatable bonds is 6. The second-order valence-corrected chi connectivity index (χ2v) is 5.28. The molecule has 99 valence electrons. The van der Waals surface area contributed by atoms with E-state index < -0.39 is 0 Å². The molecule has 17 heavy (non-hydrogen) atoms. The maximum atomic E-state index is 11.8. The first-order valence-corrected chi connectivity index (χ1v) is 6.81. The van der Waals surface area contributed by atoms with Crippen molar-refractivity contribution in [1.82, 2.24) is 4.90 Å². The Labute approximate surface area is 106 Å². The second kappa shape index (κ2) is 7.70. The van der Waals surface area contributed by atoms with Crippen molar-refractivity contribution in [1.29, 1.82) is 0 Å². The Kier molecular flexibility index (Phi) is 6.56. The van der Waals surface area contributed by atoms with E-state index >= 15 is 0 Å². The molecule has 0 amide bonds. The number of unbranched alkanes of at least 4 members (excludes halogenated alkanes) is 1. The van der Waals surface area contributed by atoms with Gasteiger partial charge in [0.1, 0.15) is 0 Å². The van der Waals surface area contributed by atoms with Crippen LogP contribution in [0.2, 0.25) is 0 Å². The quantitative estimate of drug-likeness (QED) is 0.528. The molecule has 0 atom stereocenters. The van der Waals surface area contributed by atoms with Crippen molar-refractivity contribution >= 4 is 5.97 Å². The Bertz CT molecular complexity index is 220.